The second-order valence-corrected chi connectivity index (χ2v) is 5.02. The minimum atomic E-state index is -0.605. The van der Waals surface area contributed by atoms with Crippen LogP contribution in [0.4, 0.5) is 4.39 Å². The van der Waals surface area contributed by atoms with Crippen molar-refractivity contribution in [1.29, 1.82) is 5.26 Å². The summed E-state index contributed by atoms with van der Waals surface area (Å²) in [5, 5.41) is 8.96. The van der Waals surface area contributed by atoms with E-state index >= 15 is 0 Å². The normalized spacial score (nSPS) is 12.3. The maximum absolute atomic E-state index is 13.3. The summed E-state index contributed by atoms with van der Waals surface area (Å²) in [4.78, 5) is 2.06. The molecule has 0 bridgehead atoms. The van der Waals surface area contributed by atoms with Gasteiger partial charge in [-0.2, -0.15) is 5.26 Å². The number of benzene rings is 1. The number of nitriles is 1. The summed E-state index contributed by atoms with van der Waals surface area (Å²) in [6, 6.07) is 4.40. The molecule has 0 N–H and O–H groups in total. The van der Waals surface area contributed by atoms with E-state index in [2.05, 4.69) is 4.90 Å². The summed E-state index contributed by atoms with van der Waals surface area (Å²) >= 11 is 5.72. The molecule has 0 saturated heterocycles. The zero-order valence-electron chi connectivity index (χ0n) is 11.4. The number of hydrogen-bond acceptors (Lipinski definition) is 3. The molecule has 1 atom stereocenters. The number of halogens is 2. The molecule has 0 heterocycles. The molecule has 0 aliphatic heterocycles. The highest BCUT2D eigenvalue weighted by atomic mass is 35.5. The molecular weight excluding hydrogens is 267 g/mol. The van der Waals surface area contributed by atoms with Crippen LogP contribution in [-0.2, 0) is 0 Å². The van der Waals surface area contributed by atoms with Gasteiger partial charge in [0.15, 0.2) is 0 Å². The lowest BCUT2D eigenvalue weighted by molar-refractivity contribution is 0.172. The van der Waals surface area contributed by atoms with Crippen molar-refractivity contribution < 1.29 is 9.13 Å². The third-order valence-corrected chi connectivity index (χ3v) is 3.08. The fourth-order valence-electron chi connectivity index (χ4n) is 1.64. The van der Waals surface area contributed by atoms with Crippen LogP contribution in [0.15, 0.2) is 12.1 Å². The molecule has 1 rings (SSSR count). The smallest absolute Gasteiger partial charge is 0.143 e. The van der Waals surface area contributed by atoms with Crippen molar-refractivity contribution in [1.82, 2.24) is 4.90 Å². The summed E-state index contributed by atoms with van der Waals surface area (Å²) in [6.45, 7) is 2.90. The molecule has 0 aliphatic rings. The minimum Gasteiger partial charge on any atom is -0.489 e. The summed E-state index contributed by atoms with van der Waals surface area (Å²) in [5.41, 5.74) is 0.171. The lowest BCUT2D eigenvalue weighted by Crippen LogP contribution is -2.23. The first-order valence-electron chi connectivity index (χ1n) is 6.18. The van der Waals surface area contributed by atoms with Crippen molar-refractivity contribution in [2.75, 3.05) is 20.6 Å². The quantitative estimate of drug-likeness (QED) is 0.803. The fourth-order valence-corrected chi connectivity index (χ4v) is 1.80. The molecule has 0 aliphatic carbocycles. The van der Waals surface area contributed by atoms with E-state index in [1.165, 1.54) is 6.07 Å². The Balaban J connectivity index is 2.85. The Morgan fingerprint density at radius 3 is 2.68 bits per heavy atom. The molecule has 1 unspecified atom stereocenters. The largest absolute Gasteiger partial charge is 0.489 e. The molecule has 1 aromatic carbocycles. The molecule has 1 aromatic rings. The van der Waals surface area contributed by atoms with Crippen molar-refractivity contribution in [2.24, 2.45) is 0 Å². The lowest BCUT2D eigenvalue weighted by atomic mass is 10.1. The van der Waals surface area contributed by atoms with Gasteiger partial charge in [0.2, 0.25) is 0 Å². The molecular formula is C14H18ClFN2O. The van der Waals surface area contributed by atoms with Crippen LogP contribution < -0.4 is 4.74 Å². The van der Waals surface area contributed by atoms with E-state index in [1.807, 2.05) is 27.1 Å². The standard InChI is InChI=1S/C14H18ClFN2O/c1-4-11(5-6-18(2)3)19-14-8-12(15)13(16)7-10(14)9-17/h7-8,11H,4-6H2,1-3H3. The van der Waals surface area contributed by atoms with Gasteiger partial charge in [0.1, 0.15) is 17.6 Å². The van der Waals surface area contributed by atoms with Crippen LogP contribution in [0.3, 0.4) is 0 Å². The van der Waals surface area contributed by atoms with Crippen molar-refractivity contribution >= 4 is 11.6 Å². The molecule has 104 valence electrons. The van der Waals surface area contributed by atoms with Crippen molar-refractivity contribution in [3.63, 3.8) is 0 Å². The Hall–Kier alpha value is -1.31. The van der Waals surface area contributed by atoms with Gasteiger partial charge in [-0.3, -0.25) is 0 Å². The van der Waals surface area contributed by atoms with Gasteiger partial charge >= 0.3 is 0 Å². The van der Waals surface area contributed by atoms with Crippen LogP contribution in [0.2, 0.25) is 5.02 Å². The monoisotopic (exact) mass is 284 g/mol. The van der Waals surface area contributed by atoms with Crippen LogP contribution in [0, 0.1) is 17.1 Å². The van der Waals surface area contributed by atoms with Gasteiger partial charge in [0.05, 0.1) is 16.7 Å². The summed E-state index contributed by atoms with van der Waals surface area (Å²) in [6.07, 6.45) is 1.63. The van der Waals surface area contributed by atoms with E-state index in [0.29, 0.717) is 5.75 Å². The highest BCUT2D eigenvalue weighted by Gasteiger charge is 2.14. The molecule has 0 spiro atoms. The molecule has 3 nitrogen and oxygen atoms in total. The van der Waals surface area contributed by atoms with Gasteiger partial charge in [-0.15, -0.1) is 0 Å². The molecule has 5 heteroatoms. The van der Waals surface area contributed by atoms with Crippen molar-refractivity contribution in [2.45, 2.75) is 25.9 Å². The Morgan fingerprint density at radius 1 is 1.47 bits per heavy atom. The maximum Gasteiger partial charge on any atom is 0.143 e. The first-order chi connectivity index (χ1) is 8.97. The van der Waals surface area contributed by atoms with Gasteiger partial charge in [0.25, 0.3) is 0 Å². The number of hydrogen-bond donors (Lipinski definition) is 0. The molecule has 0 saturated carbocycles. The third kappa shape index (κ3) is 4.70. The number of ether oxygens (including phenoxy) is 1. The van der Waals surface area contributed by atoms with E-state index in [1.54, 1.807) is 0 Å². The van der Waals surface area contributed by atoms with Gasteiger partial charge in [-0.1, -0.05) is 18.5 Å². The Bertz CT molecular complexity index is 471. The summed E-state index contributed by atoms with van der Waals surface area (Å²) in [5.74, 6) is -0.258. The molecule has 0 amide bonds. The summed E-state index contributed by atoms with van der Waals surface area (Å²) in [7, 11) is 3.98. The molecule has 0 aromatic heterocycles. The van der Waals surface area contributed by atoms with Crippen molar-refractivity contribution in [3.8, 4) is 11.8 Å². The van der Waals surface area contributed by atoms with E-state index in [9.17, 15) is 4.39 Å². The summed E-state index contributed by atoms with van der Waals surface area (Å²) < 4.78 is 19.0. The average molecular weight is 285 g/mol. The van der Waals surface area contributed by atoms with Gasteiger partial charge in [0, 0.05) is 12.6 Å². The topological polar surface area (TPSA) is 36.3 Å². The Labute approximate surface area is 118 Å². The maximum atomic E-state index is 13.3. The zero-order valence-corrected chi connectivity index (χ0v) is 12.2. The second kappa shape index (κ2) is 7.32. The second-order valence-electron chi connectivity index (χ2n) is 4.61. The number of rotatable bonds is 6. The van der Waals surface area contributed by atoms with E-state index in [0.717, 1.165) is 25.5 Å². The lowest BCUT2D eigenvalue weighted by Gasteiger charge is -2.20. The van der Waals surface area contributed by atoms with Crippen molar-refractivity contribution in [3.05, 3.63) is 28.5 Å². The molecule has 0 radical (unpaired) electrons. The molecule has 19 heavy (non-hydrogen) atoms. The third-order valence-electron chi connectivity index (χ3n) is 2.79. The SMILES string of the molecule is CCC(CCN(C)C)Oc1cc(Cl)c(F)cc1C#N. The van der Waals surface area contributed by atoms with Gasteiger partial charge < -0.3 is 9.64 Å². The van der Waals surface area contributed by atoms with Crippen LogP contribution in [0.1, 0.15) is 25.3 Å². The minimum absolute atomic E-state index is 0.0176. The van der Waals surface area contributed by atoms with Crippen LogP contribution in [0.25, 0.3) is 0 Å². The average Bonchev–Trinajstić information content (AvgIpc) is 2.37. The van der Waals surface area contributed by atoms with Gasteiger partial charge in [-0.05, 0) is 33.0 Å². The van der Waals surface area contributed by atoms with Crippen LogP contribution >= 0.6 is 11.6 Å². The molecule has 0 fully saturated rings. The van der Waals surface area contributed by atoms with Crippen LogP contribution in [0.5, 0.6) is 5.75 Å². The zero-order chi connectivity index (χ0) is 14.4. The Morgan fingerprint density at radius 2 is 2.16 bits per heavy atom. The number of nitrogens with zero attached hydrogens (tertiary/aromatic N) is 2. The fraction of sp³-hybridized carbons (Fsp3) is 0.500. The predicted molar refractivity (Wildman–Crippen MR) is 74.0 cm³/mol. The van der Waals surface area contributed by atoms with Gasteiger partial charge in [-0.25, -0.2) is 4.39 Å². The first kappa shape index (κ1) is 15.7. The first-order valence-corrected chi connectivity index (χ1v) is 6.56. The highest BCUT2D eigenvalue weighted by Crippen LogP contribution is 2.27. The van der Waals surface area contributed by atoms with E-state index in [-0.39, 0.29) is 16.7 Å². The Kier molecular flexibility index (Phi) is 6.07. The van der Waals surface area contributed by atoms with Crippen LogP contribution in [-0.4, -0.2) is 31.6 Å². The van der Waals surface area contributed by atoms with E-state index in [4.69, 9.17) is 21.6 Å². The highest BCUT2D eigenvalue weighted by molar-refractivity contribution is 6.30. The predicted octanol–water partition coefficient (Wildman–Crippen LogP) is 3.46. The van der Waals surface area contributed by atoms with E-state index < -0.39 is 5.82 Å².